The van der Waals surface area contributed by atoms with Crippen molar-refractivity contribution in [1.82, 2.24) is 4.98 Å². The number of hydrogen-bond donors (Lipinski definition) is 1. The van der Waals surface area contributed by atoms with Crippen LogP contribution in [0.1, 0.15) is 36.1 Å². The van der Waals surface area contributed by atoms with Crippen LogP contribution in [0.25, 0.3) is 0 Å². The molecular weight excluding hydrogens is 218 g/mol. The molecule has 1 aliphatic rings. The molecule has 84 valence electrons. The fourth-order valence-corrected chi connectivity index (χ4v) is 2.87. The highest BCUT2D eigenvalue weighted by Crippen LogP contribution is 2.62. The van der Waals surface area contributed by atoms with Crippen molar-refractivity contribution in [3.05, 3.63) is 16.1 Å². The molecular formula is C10H14F2N2S. The topological polar surface area (TPSA) is 38.9 Å². The van der Waals surface area contributed by atoms with Crippen LogP contribution in [-0.2, 0) is 5.41 Å². The third-order valence-corrected chi connectivity index (χ3v) is 4.44. The minimum atomic E-state index is -2.64. The number of halogens is 2. The van der Waals surface area contributed by atoms with Crippen LogP contribution in [0.2, 0.25) is 0 Å². The summed E-state index contributed by atoms with van der Waals surface area (Å²) in [6.07, 6.45) is 1.43. The van der Waals surface area contributed by atoms with Gasteiger partial charge in [0, 0.05) is 30.0 Å². The van der Waals surface area contributed by atoms with Gasteiger partial charge in [0.1, 0.15) is 0 Å². The van der Waals surface area contributed by atoms with E-state index in [0.29, 0.717) is 4.88 Å². The van der Waals surface area contributed by atoms with Crippen molar-refractivity contribution in [2.24, 2.45) is 5.73 Å². The summed E-state index contributed by atoms with van der Waals surface area (Å²) in [5.41, 5.74) is 4.35. The molecule has 1 unspecified atom stereocenters. The molecule has 0 spiro atoms. The van der Waals surface area contributed by atoms with Crippen LogP contribution in [-0.4, -0.2) is 17.5 Å². The van der Waals surface area contributed by atoms with Crippen LogP contribution in [0.4, 0.5) is 8.78 Å². The van der Waals surface area contributed by atoms with E-state index in [-0.39, 0.29) is 18.9 Å². The van der Waals surface area contributed by atoms with Crippen LogP contribution in [0.5, 0.6) is 0 Å². The normalized spacial score (nSPS) is 28.4. The second-order valence-corrected chi connectivity index (χ2v) is 5.45. The number of hydrogen-bond acceptors (Lipinski definition) is 3. The Morgan fingerprint density at radius 3 is 2.53 bits per heavy atom. The van der Waals surface area contributed by atoms with Gasteiger partial charge < -0.3 is 5.73 Å². The van der Waals surface area contributed by atoms with Gasteiger partial charge in [0.05, 0.1) is 10.4 Å². The average Bonchev–Trinajstić information content (AvgIpc) is 2.59. The number of nitrogens with zero attached hydrogens (tertiary/aromatic N) is 1. The molecule has 0 bridgehead atoms. The lowest BCUT2D eigenvalue weighted by Crippen LogP contribution is -2.25. The van der Waals surface area contributed by atoms with Gasteiger partial charge in [0.15, 0.2) is 0 Å². The van der Waals surface area contributed by atoms with E-state index in [1.54, 1.807) is 6.20 Å². The van der Waals surface area contributed by atoms with Crippen molar-refractivity contribution in [3.63, 3.8) is 0 Å². The number of alkyl halides is 2. The molecule has 0 saturated heterocycles. The van der Waals surface area contributed by atoms with E-state index in [9.17, 15) is 8.78 Å². The lowest BCUT2D eigenvalue weighted by Gasteiger charge is -2.10. The van der Waals surface area contributed by atoms with Crippen LogP contribution in [0.3, 0.4) is 0 Å². The SMILES string of the molecule is CC(C)c1ncc(C2(CN)CC2(F)F)s1. The number of rotatable bonds is 3. The molecule has 1 aliphatic carbocycles. The molecule has 1 aromatic heterocycles. The van der Waals surface area contributed by atoms with Crippen molar-refractivity contribution >= 4 is 11.3 Å². The third kappa shape index (κ3) is 1.49. The molecule has 0 aliphatic heterocycles. The van der Waals surface area contributed by atoms with Crippen molar-refractivity contribution in [2.75, 3.05) is 6.54 Å². The first-order valence-corrected chi connectivity index (χ1v) is 5.79. The Balaban J connectivity index is 2.30. The van der Waals surface area contributed by atoms with Gasteiger partial charge in [-0.1, -0.05) is 13.8 Å². The predicted octanol–water partition coefficient (Wildman–Crippen LogP) is 2.50. The summed E-state index contributed by atoms with van der Waals surface area (Å²) in [6, 6.07) is 0. The van der Waals surface area contributed by atoms with E-state index in [4.69, 9.17) is 5.73 Å². The zero-order chi connectivity index (χ0) is 11.3. The van der Waals surface area contributed by atoms with Crippen molar-refractivity contribution in [3.8, 4) is 0 Å². The molecule has 1 aromatic rings. The molecule has 15 heavy (non-hydrogen) atoms. The van der Waals surface area contributed by atoms with E-state index in [1.807, 2.05) is 13.8 Å². The van der Waals surface area contributed by atoms with E-state index >= 15 is 0 Å². The Bertz CT molecular complexity index is 375. The average molecular weight is 232 g/mol. The second kappa shape index (κ2) is 3.22. The Hall–Kier alpha value is -0.550. The molecule has 0 aromatic carbocycles. The summed E-state index contributed by atoms with van der Waals surface area (Å²) < 4.78 is 26.5. The smallest absolute Gasteiger partial charge is 0.261 e. The maximum Gasteiger partial charge on any atom is 0.261 e. The van der Waals surface area contributed by atoms with E-state index < -0.39 is 11.3 Å². The van der Waals surface area contributed by atoms with Crippen LogP contribution < -0.4 is 5.73 Å². The molecule has 1 saturated carbocycles. The molecule has 5 heteroatoms. The molecule has 2 nitrogen and oxygen atoms in total. The van der Waals surface area contributed by atoms with Crippen molar-refractivity contribution < 1.29 is 8.78 Å². The Kier molecular flexibility index (Phi) is 2.35. The molecule has 0 amide bonds. The Morgan fingerprint density at radius 2 is 2.20 bits per heavy atom. The lowest BCUT2D eigenvalue weighted by atomic mass is 10.1. The molecule has 1 heterocycles. The molecule has 1 atom stereocenters. The fourth-order valence-electron chi connectivity index (χ4n) is 1.70. The van der Waals surface area contributed by atoms with Gasteiger partial charge in [0.2, 0.25) is 0 Å². The van der Waals surface area contributed by atoms with Crippen LogP contribution >= 0.6 is 11.3 Å². The van der Waals surface area contributed by atoms with Crippen LogP contribution in [0, 0.1) is 0 Å². The standard InChI is InChI=1S/C10H14F2N2S/c1-6(2)8-14-3-7(15-8)9(5-13)4-10(9,11)12/h3,6H,4-5,13H2,1-2H3. The molecule has 2 rings (SSSR count). The quantitative estimate of drug-likeness (QED) is 0.869. The first-order valence-electron chi connectivity index (χ1n) is 4.97. The fraction of sp³-hybridized carbons (Fsp3) is 0.700. The van der Waals surface area contributed by atoms with Gasteiger partial charge in [-0.3, -0.25) is 0 Å². The Labute approximate surface area is 91.5 Å². The van der Waals surface area contributed by atoms with Gasteiger partial charge in [-0.05, 0) is 0 Å². The highest BCUT2D eigenvalue weighted by molar-refractivity contribution is 7.11. The second-order valence-electron chi connectivity index (χ2n) is 4.38. The van der Waals surface area contributed by atoms with Gasteiger partial charge in [-0.15, -0.1) is 11.3 Å². The summed E-state index contributed by atoms with van der Waals surface area (Å²) in [7, 11) is 0. The zero-order valence-corrected chi connectivity index (χ0v) is 9.57. The predicted molar refractivity (Wildman–Crippen MR) is 56.5 cm³/mol. The molecule has 0 radical (unpaired) electrons. The number of thiazole rings is 1. The Morgan fingerprint density at radius 1 is 1.60 bits per heavy atom. The first kappa shape index (κ1) is 11.0. The van der Waals surface area contributed by atoms with Gasteiger partial charge in [-0.2, -0.15) is 0 Å². The number of nitrogens with two attached hydrogens (primary N) is 1. The zero-order valence-electron chi connectivity index (χ0n) is 8.76. The van der Waals surface area contributed by atoms with Gasteiger partial charge >= 0.3 is 0 Å². The number of aromatic nitrogens is 1. The summed E-state index contributed by atoms with van der Waals surface area (Å²) >= 11 is 1.37. The highest BCUT2D eigenvalue weighted by Gasteiger charge is 2.72. The summed E-state index contributed by atoms with van der Waals surface area (Å²) in [4.78, 5) is 4.80. The maximum atomic E-state index is 13.2. The van der Waals surface area contributed by atoms with Crippen LogP contribution in [0.15, 0.2) is 6.20 Å². The van der Waals surface area contributed by atoms with E-state index in [1.165, 1.54) is 11.3 Å². The minimum Gasteiger partial charge on any atom is -0.329 e. The first-order chi connectivity index (χ1) is 6.93. The van der Waals surface area contributed by atoms with Gasteiger partial charge in [-0.25, -0.2) is 13.8 Å². The molecule has 1 fully saturated rings. The van der Waals surface area contributed by atoms with Crippen molar-refractivity contribution in [1.29, 1.82) is 0 Å². The van der Waals surface area contributed by atoms with E-state index in [2.05, 4.69) is 4.98 Å². The lowest BCUT2D eigenvalue weighted by molar-refractivity contribution is 0.0904. The highest BCUT2D eigenvalue weighted by atomic mass is 32.1. The summed E-state index contributed by atoms with van der Waals surface area (Å²) in [5, 5.41) is 0.903. The van der Waals surface area contributed by atoms with Gasteiger partial charge in [0.25, 0.3) is 5.92 Å². The summed E-state index contributed by atoms with van der Waals surface area (Å²) in [6.45, 7) is 4.01. The van der Waals surface area contributed by atoms with E-state index in [0.717, 1.165) is 5.01 Å². The molecule has 2 N–H and O–H groups in total. The summed E-state index contributed by atoms with van der Waals surface area (Å²) in [5.74, 6) is -2.35. The maximum absolute atomic E-state index is 13.2. The third-order valence-electron chi connectivity index (χ3n) is 2.94. The van der Waals surface area contributed by atoms with Crippen molar-refractivity contribution in [2.45, 2.75) is 37.5 Å². The minimum absolute atomic E-state index is 0.000269. The largest absolute Gasteiger partial charge is 0.329 e. The monoisotopic (exact) mass is 232 g/mol.